The summed E-state index contributed by atoms with van der Waals surface area (Å²) in [6.45, 7) is 3.42. The van der Waals surface area contributed by atoms with E-state index in [-0.39, 0.29) is 22.6 Å². The molecule has 0 aliphatic rings. The van der Waals surface area contributed by atoms with Gasteiger partial charge < -0.3 is 9.84 Å². The molecule has 0 aliphatic heterocycles. The molecule has 1 heterocycles. The molecule has 7 nitrogen and oxygen atoms in total. The van der Waals surface area contributed by atoms with Gasteiger partial charge in [-0.3, -0.25) is 4.79 Å². The van der Waals surface area contributed by atoms with Gasteiger partial charge in [-0.1, -0.05) is 5.16 Å². The summed E-state index contributed by atoms with van der Waals surface area (Å²) in [5, 5.41) is 6.21. The fourth-order valence-electron chi connectivity index (χ4n) is 1.60. The Hall–Kier alpha value is -2.06. The highest BCUT2D eigenvalue weighted by Crippen LogP contribution is 2.22. The van der Waals surface area contributed by atoms with Crippen LogP contribution in [0.4, 0.5) is 11.6 Å². The maximum Gasteiger partial charge on any atom is 0.264 e. The topological polar surface area (TPSA) is 101 Å². The first-order valence-corrected chi connectivity index (χ1v) is 8.27. The van der Waals surface area contributed by atoms with Gasteiger partial charge in [0, 0.05) is 11.3 Å². The van der Waals surface area contributed by atoms with E-state index in [2.05, 4.69) is 15.2 Å². The summed E-state index contributed by atoms with van der Waals surface area (Å²) in [7, 11) is -3.80. The first kappa shape index (κ1) is 16.3. The van der Waals surface area contributed by atoms with Crippen molar-refractivity contribution >= 4 is 39.1 Å². The Morgan fingerprint density at radius 2 is 1.91 bits per heavy atom. The van der Waals surface area contributed by atoms with Crippen molar-refractivity contribution in [2.24, 2.45) is 0 Å². The molecule has 1 aromatic carbocycles. The molecule has 0 saturated heterocycles. The van der Waals surface area contributed by atoms with Crippen molar-refractivity contribution in [2.45, 2.75) is 18.7 Å². The Labute approximate surface area is 132 Å². The van der Waals surface area contributed by atoms with E-state index in [1.54, 1.807) is 13.8 Å². The average Bonchev–Trinajstić information content (AvgIpc) is 2.79. The summed E-state index contributed by atoms with van der Waals surface area (Å²) in [6.07, 6.45) is 0. The second-order valence-corrected chi connectivity index (χ2v) is 6.48. The lowest BCUT2D eigenvalue weighted by atomic mass is 10.3. The van der Waals surface area contributed by atoms with Gasteiger partial charge in [0.1, 0.15) is 5.88 Å². The van der Waals surface area contributed by atoms with Crippen LogP contribution in [0, 0.1) is 13.8 Å². The largest absolute Gasteiger partial charge is 0.337 e. The van der Waals surface area contributed by atoms with Crippen LogP contribution in [0.1, 0.15) is 11.3 Å². The lowest BCUT2D eigenvalue weighted by molar-refractivity contribution is -0.113. The molecule has 9 heteroatoms. The number of nitrogens with zero attached hydrogens (tertiary/aromatic N) is 1. The quantitative estimate of drug-likeness (QED) is 0.811. The van der Waals surface area contributed by atoms with Gasteiger partial charge in [-0.25, -0.2) is 13.1 Å². The van der Waals surface area contributed by atoms with Crippen LogP contribution >= 0.6 is 11.6 Å². The number of benzene rings is 1. The Kier molecular flexibility index (Phi) is 4.72. The van der Waals surface area contributed by atoms with E-state index in [9.17, 15) is 13.2 Å². The number of carbonyl (C=O) groups is 1. The van der Waals surface area contributed by atoms with Gasteiger partial charge in [-0.05, 0) is 38.1 Å². The molecule has 0 radical (unpaired) electrons. The molecule has 118 valence electrons. The molecular formula is C13H14ClN3O4S. The van der Waals surface area contributed by atoms with Gasteiger partial charge >= 0.3 is 0 Å². The molecule has 1 amide bonds. The summed E-state index contributed by atoms with van der Waals surface area (Å²) >= 11 is 5.38. The highest BCUT2D eigenvalue weighted by Gasteiger charge is 2.19. The third-order valence-corrected chi connectivity index (χ3v) is 4.54. The summed E-state index contributed by atoms with van der Waals surface area (Å²) in [5.74, 6) is -0.466. The fraction of sp³-hybridized carbons (Fsp3) is 0.231. The van der Waals surface area contributed by atoms with Crippen molar-refractivity contribution < 1.29 is 17.7 Å². The number of hydrogen-bond acceptors (Lipinski definition) is 5. The number of aryl methyl sites for hydroxylation is 1. The highest BCUT2D eigenvalue weighted by molar-refractivity contribution is 7.92. The molecule has 0 saturated carbocycles. The van der Waals surface area contributed by atoms with Crippen molar-refractivity contribution in [1.82, 2.24) is 5.16 Å². The van der Waals surface area contributed by atoms with Gasteiger partial charge in [0.2, 0.25) is 11.8 Å². The molecule has 0 unspecified atom stereocenters. The Morgan fingerprint density at radius 3 is 2.41 bits per heavy atom. The van der Waals surface area contributed by atoms with Gasteiger partial charge in [0.25, 0.3) is 10.0 Å². The normalized spacial score (nSPS) is 11.2. The van der Waals surface area contributed by atoms with Gasteiger partial charge in [-0.2, -0.15) is 0 Å². The standard InChI is InChI=1S/C13H14ClN3O4S/c1-8-9(2)16-21-13(8)17-22(19,20)11-5-3-10(4-6-11)15-12(18)7-14/h3-6,17H,7H2,1-2H3,(H,15,18). The van der Waals surface area contributed by atoms with Crippen LogP contribution in [0.15, 0.2) is 33.7 Å². The van der Waals surface area contributed by atoms with Crippen LogP contribution < -0.4 is 10.0 Å². The number of anilines is 2. The molecule has 0 bridgehead atoms. The molecule has 22 heavy (non-hydrogen) atoms. The first-order valence-electron chi connectivity index (χ1n) is 6.25. The third-order valence-electron chi connectivity index (χ3n) is 2.95. The molecule has 2 rings (SSSR count). The minimum atomic E-state index is -3.80. The number of sulfonamides is 1. The maximum absolute atomic E-state index is 12.2. The molecular weight excluding hydrogens is 330 g/mol. The zero-order valence-electron chi connectivity index (χ0n) is 11.9. The number of amides is 1. The Bertz CT molecular complexity index is 784. The van der Waals surface area contributed by atoms with Crippen molar-refractivity contribution in [3.8, 4) is 0 Å². The second-order valence-electron chi connectivity index (χ2n) is 4.53. The van der Waals surface area contributed by atoms with E-state index in [0.717, 1.165) is 0 Å². The van der Waals surface area contributed by atoms with Crippen molar-refractivity contribution in [2.75, 3.05) is 15.9 Å². The Balaban J connectivity index is 2.19. The molecule has 2 N–H and O–H groups in total. The van der Waals surface area contributed by atoms with Crippen LogP contribution in [-0.2, 0) is 14.8 Å². The van der Waals surface area contributed by atoms with Crippen LogP contribution in [0.25, 0.3) is 0 Å². The highest BCUT2D eigenvalue weighted by atomic mass is 35.5. The summed E-state index contributed by atoms with van der Waals surface area (Å²) in [5.41, 5.74) is 1.68. The van der Waals surface area contributed by atoms with Gasteiger partial charge in [0.15, 0.2) is 0 Å². The SMILES string of the molecule is Cc1noc(NS(=O)(=O)c2ccc(NC(=O)CCl)cc2)c1C. The van der Waals surface area contributed by atoms with Crippen LogP contribution in [0.5, 0.6) is 0 Å². The van der Waals surface area contributed by atoms with E-state index in [1.807, 2.05) is 0 Å². The number of carbonyl (C=O) groups excluding carboxylic acids is 1. The molecule has 0 atom stereocenters. The monoisotopic (exact) mass is 343 g/mol. The van der Waals surface area contributed by atoms with E-state index >= 15 is 0 Å². The second kappa shape index (κ2) is 6.37. The van der Waals surface area contributed by atoms with E-state index in [0.29, 0.717) is 16.9 Å². The number of halogens is 1. The zero-order valence-corrected chi connectivity index (χ0v) is 13.5. The van der Waals surface area contributed by atoms with E-state index < -0.39 is 10.0 Å². The fourth-order valence-corrected chi connectivity index (χ4v) is 2.72. The molecule has 0 aliphatic carbocycles. The summed E-state index contributed by atoms with van der Waals surface area (Å²) in [6, 6.07) is 5.67. The van der Waals surface area contributed by atoms with Crippen molar-refractivity contribution in [1.29, 1.82) is 0 Å². The molecule has 1 aromatic heterocycles. The first-order chi connectivity index (χ1) is 10.3. The predicted octanol–water partition coefficient (Wildman–Crippen LogP) is 2.27. The van der Waals surface area contributed by atoms with Crippen LogP contribution in [0.2, 0.25) is 0 Å². The zero-order chi connectivity index (χ0) is 16.3. The third kappa shape index (κ3) is 3.58. The van der Waals surface area contributed by atoms with E-state index in [4.69, 9.17) is 16.1 Å². The average molecular weight is 344 g/mol. The van der Waals surface area contributed by atoms with E-state index in [1.165, 1.54) is 24.3 Å². The Morgan fingerprint density at radius 1 is 1.27 bits per heavy atom. The number of hydrogen-bond donors (Lipinski definition) is 2. The maximum atomic E-state index is 12.2. The lowest BCUT2D eigenvalue weighted by Gasteiger charge is -2.07. The van der Waals surface area contributed by atoms with Gasteiger partial charge in [0.05, 0.1) is 10.6 Å². The molecule has 0 fully saturated rings. The minimum Gasteiger partial charge on any atom is -0.337 e. The van der Waals surface area contributed by atoms with Crippen LogP contribution in [0.3, 0.4) is 0 Å². The predicted molar refractivity (Wildman–Crippen MR) is 82.6 cm³/mol. The number of rotatable bonds is 5. The molecule has 2 aromatic rings. The lowest BCUT2D eigenvalue weighted by Crippen LogP contribution is -2.14. The number of alkyl halides is 1. The van der Waals surface area contributed by atoms with Crippen molar-refractivity contribution in [3.05, 3.63) is 35.5 Å². The van der Waals surface area contributed by atoms with Crippen molar-refractivity contribution in [3.63, 3.8) is 0 Å². The summed E-state index contributed by atoms with van der Waals surface area (Å²) in [4.78, 5) is 11.2. The number of nitrogens with one attached hydrogen (secondary N) is 2. The summed E-state index contributed by atoms with van der Waals surface area (Å²) < 4.78 is 31.8. The smallest absolute Gasteiger partial charge is 0.264 e. The van der Waals surface area contributed by atoms with Gasteiger partial charge in [-0.15, -0.1) is 11.6 Å². The molecule has 0 spiro atoms. The minimum absolute atomic E-state index is 0.0322. The van der Waals surface area contributed by atoms with Crippen LogP contribution in [-0.4, -0.2) is 25.4 Å². The number of aromatic nitrogens is 1.